The number of carbonyl (C=O) groups is 1. The molecule has 2 heteroatoms. The van der Waals surface area contributed by atoms with Crippen molar-refractivity contribution >= 4 is 5.97 Å². The fourth-order valence-corrected chi connectivity index (χ4v) is 3.12. The number of hydrogen-bond acceptors (Lipinski definition) is 2. The van der Waals surface area contributed by atoms with Gasteiger partial charge in [-0.25, -0.2) is 4.79 Å². The van der Waals surface area contributed by atoms with Crippen LogP contribution in [-0.4, -0.2) is 5.97 Å². The largest absolute Gasteiger partial charge is 0.450 e. The Labute approximate surface area is 127 Å². The van der Waals surface area contributed by atoms with Crippen LogP contribution in [0.5, 0.6) is 0 Å². The van der Waals surface area contributed by atoms with Gasteiger partial charge in [0.1, 0.15) is 5.60 Å². The van der Waals surface area contributed by atoms with Crippen LogP contribution in [0.25, 0.3) is 0 Å². The third-order valence-electron chi connectivity index (χ3n) is 4.01. The van der Waals surface area contributed by atoms with Crippen LogP contribution in [0, 0.1) is 0 Å². The topological polar surface area (TPSA) is 26.3 Å². The van der Waals surface area contributed by atoms with Crippen molar-refractivity contribution in [1.29, 1.82) is 0 Å². The lowest BCUT2D eigenvalue weighted by molar-refractivity contribution is -0.157. The monoisotopic (exact) mass is 284 g/mol. The molecule has 0 amide bonds. The second kappa shape index (κ2) is 6.30. The maximum atomic E-state index is 12.2. The van der Waals surface area contributed by atoms with Gasteiger partial charge in [-0.1, -0.05) is 43.0 Å². The SMILES string of the molecule is C=C(C)CC1(OC(=O)C(=C)C)CCCCc2ccccc21. The van der Waals surface area contributed by atoms with Gasteiger partial charge in [0, 0.05) is 12.0 Å². The Hall–Kier alpha value is -1.83. The maximum Gasteiger partial charge on any atom is 0.334 e. The van der Waals surface area contributed by atoms with Crippen LogP contribution >= 0.6 is 0 Å². The van der Waals surface area contributed by atoms with Gasteiger partial charge in [-0.3, -0.25) is 0 Å². The lowest BCUT2D eigenvalue weighted by atomic mass is 9.82. The van der Waals surface area contributed by atoms with E-state index in [0.29, 0.717) is 12.0 Å². The van der Waals surface area contributed by atoms with Crippen LogP contribution in [0.3, 0.4) is 0 Å². The Balaban J connectivity index is 2.50. The molecule has 0 spiro atoms. The summed E-state index contributed by atoms with van der Waals surface area (Å²) in [6.45, 7) is 11.4. The molecule has 21 heavy (non-hydrogen) atoms. The lowest BCUT2D eigenvalue weighted by Crippen LogP contribution is -2.33. The van der Waals surface area contributed by atoms with Gasteiger partial charge >= 0.3 is 5.97 Å². The minimum Gasteiger partial charge on any atom is -0.450 e. The fourth-order valence-electron chi connectivity index (χ4n) is 3.12. The van der Waals surface area contributed by atoms with Crippen molar-refractivity contribution in [3.05, 3.63) is 59.7 Å². The lowest BCUT2D eigenvalue weighted by Gasteiger charge is -2.35. The predicted molar refractivity (Wildman–Crippen MR) is 86.0 cm³/mol. The number of esters is 1. The summed E-state index contributed by atoms with van der Waals surface area (Å²) in [7, 11) is 0. The Bertz CT molecular complexity index is 571. The molecule has 1 aromatic carbocycles. The van der Waals surface area contributed by atoms with Crippen molar-refractivity contribution in [2.24, 2.45) is 0 Å². The van der Waals surface area contributed by atoms with Gasteiger partial charge in [-0.2, -0.15) is 0 Å². The summed E-state index contributed by atoms with van der Waals surface area (Å²) in [5, 5.41) is 0. The molecule has 2 rings (SSSR count). The Morgan fingerprint density at radius 2 is 1.95 bits per heavy atom. The highest BCUT2D eigenvalue weighted by atomic mass is 16.6. The summed E-state index contributed by atoms with van der Waals surface area (Å²) < 4.78 is 5.96. The van der Waals surface area contributed by atoms with E-state index in [9.17, 15) is 4.79 Å². The Kier molecular flexibility index (Phi) is 4.66. The molecule has 0 saturated carbocycles. The fraction of sp³-hybridized carbons (Fsp3) is 0.421. The van der Waals surface area contributed by atoms with Crippen molar-refractivity contribution < 1.29 is 9.53 Å². The van der Waals surface area contributed by atoms with Gasteiger partial charge in [-0.05, 0) is 50.7 Å². The van der Waals surface area contributed by atoms with Gasteiger partial charge in [0.25, 0.3) is 0 Å². The number of fused-ring (bicyclic) bond motifs is 1. The Morgan fingerprint density at radius 3 is 2.62 bits per heavy atom. The normalized spacial score (nSPS) is 21.0. The molecular weight excluding hydrogens is 260 g/mol. The molecule has 112 valence electrons. The minimum atomic E-state index is -0.588. The highest BCUT2D eigenvalue weighted by Crippen LogP contribution is 2.42. The molecule has 0 radical (unpaired) electrons. The summed E-state index contributed by atoms with van der Waals surface area (Å²) in [4.78, 5) is 12.2. The van der Waals surface area contributed by atoms with E-state index >= 15 is 0 Å². The third-order valence-corrected chi connectivity index (χ3v) is 4.01. The van der Waals surface area contributed by atoms with Crippen molar-refractivity contribution in [2.75, 3.05) is 0 Å². The summed E-state index contributed by atoms with van der Waals surface area (Å²) in [5.74, 6) is -0.312. The highest BCUT2D eigenvalue weighted by Gasteiger charge is 2.39. The predicted octanol–water partition coefficient (Wildman–Crippen LogP) is 4.69. The quantitative estimate of drug-likeness (QED) is 0.347. The summed E-state index contributed by atoms with van der Waals surface area (Å²) >= 11 is 0. The molecule has 0 bridgehead atoms. The van der Waals surface area contributed by atoms with Crippen LogP contribution in [0.1, 0.15) is 50.7 Å². The number of hydrogen-bond donors (Lipinski definition) is 0. The van der Waals surface area contributed by atoms with Crippen LogP contribution < -0.4 is 0 Å². The van der Waals surface area contributed by atoms with Gasteiger partial charge in [-0.15, -0.1) is 0 Å². The molecule has 0 heterocycles. The average Bonchev–Trinajstić information content (AvgIpc) is 2.59. The zero-order chi connectivity index (χ0) is 15.5. The van der Waals surface area contributed by atoms with Gasteiger partial charge < -0.3 is 4.74 Å². The summed E-state index contributed by atoms with van der Waals surface area (Å²) in [5.41, 5.74) is 3.31. The standard InChI is InChI=1S/C19H24O2/c1-14(2)13-19(21-18(20)15(3)4)12-8-7-10-16-9-5-6-11-17(16)19/h5-6,9,11H,1,3,7-8,10,12-13H2,2,4H3. The third kappa shape index (κ3) is 3.44. The number of ether oxygens (including phenoxy) is 1. The van der Waals surface area contributed by atoms with Crippen molar-refractivity contribution in [2.45, 2.75) is 51.6 Å². The molecule has 0 saturated heterocycles. The van der Waals surface area contributed by atoms with Gasteiger partial charge in [0.2, 0.25) is 0 Å². The second-order valence-electron chi connectivity index (χ2n) is 6.16. The molecule has 1 aromatic rings. The smallest absolute Gasteiger partial charge is 0.334 e. The number of carbonyl (C=O) groups excluding carboxylic acids is 1. The number of benzene rings is 1. The van der Waals surface area contributed by atoms with Crippen LogP contribution in [0.15, 0.2) is 48.6 Å². The first-order valence-electron chi connectivity index (χ1n) is 7.56. The van der Waals surface area contributed by atoms with Crippen LogP contribution in [0.2, 0.25) is 0 Å². The van der Waals surface area contributed by atoms with Crippen molar-refractivity contribution in [3.63, 3.8) is 0 Å². The molecule has 2 nitrogen and oxygen atoms in total. The van der Waals surface area contributed by atoms with Crippen molar-refractivity contribution in [3.8, 4) is 0 Å². The molecule has 0 aliphatic heterocycles. The minimum absolute atomic E-state index is 0.312. The maximum absolute atomic E-state index is 12.2. The van der Waals surface area contributed by atoms with E-state index in [-0.39, 0.29) is 5.97 Å². The number of aryl methyl sites for hydroxylation is 1. The van der Waals surface area contributed by atoms with E-state index in [2.05, 4.69) is 31.4 Å². The highest BCUT2D eigenvalue weighted by molar-refractivity contribution is 5.87. The average molecular weight is 284 g/mol. The second-order valence-corrected chi connectivity index (χ2v) is 6.16. The zero-order valence-electron chi connectivity index (χ0n) is 13.1. The first-order chi connectivity index (χ1) is 9.94. The Morgan fingerprint density at radius 1 is 1.24 bits per heavy atom. The molecule has 0 N–H and O–H groups in total. The molecule has 0 aromatic heterocycles. The molecule has 1 atom stereocenters. The van der Waals surface area contributed by atoms with E-state index in [1.165, 1.54) is 5.56 Å². The van der Waals surface area contributed by atoms with E-state index in [1.807, 2.05) is 13.0 Å². The number of rotatable bonds is 4. The van der Waals surface area contributed by atoms with E-state index in [1.54, 1.807) is 6.92 Å². The van der Waals surface area contributed by atoms with E-state index < -0.39 is 5.60 Å². The van der Waals surface area contributed by atoms with Crippen LogP contribution in [-0.2, 0) is 21.6 Å². The molecule has 1 aliphatic carbocycles. The van der Waals surface area contributed by atoms with E-state index in [0.717, 1.165) is 36.8 Å². The molecule has 0 fully saturated rings. The zero-order valence-corrected chi connectivity index (χ0v) is 13.1. The van der Waals surface area contributed by atoms with Gasteiger partial charge in [0.05, 0.1) is 0 Å². The molecular formula is C19H24O2. The van der Waals surface area contributed by atoms with E-state index in [4.69, 9.17) is 4.74 Å². The van der Waals surface area contributed by atoms with Gasteiger partial charge in [0.15, 0.2) is 0 Å². The molecule has 1 unspecified atom stereocenters. The van der Waals surface area contributed by atoms with Crippen LogP contribution in [0.4, 0.5) is 0 Å². The van der Waals surface area contributed by atoms with Crippen molar-refractivity contribution in [1.82, 2.24) is 0 Å². The molecule has 1 aliphatic rings. The summed E-state index contributed by atoms with van der Waals surface area (Å²) in [6.07, 6.45) is 4.72. The first kappa shape index (κ1) is 15.6. The summed E-state index contributed by atoms with van der Waals surface area (Å²) in [6, 6.07) is 8.31. The first-order valence-corrected chi connectivity index (χ1v) is 7.56.